The van der Waals surface area contributed by atoms with Gasteiger partial charge in [0.1, 0.15) is 11.8 Å². The van der Waals surface area contributed by atoms with Crippen molar-refractivity contribution in [1.29, 1.82) is 5.26 Å². The minimum Gasteiger partial charge on any atom is -0.371 e. The van der Waals surface area contributed by atoms with Gasteiger partial charge in [0.15, 0.2) is 0 Å². The number of rotatable bonds is 5. The average Bonchev–Trinajstić information content (AvgIpc) is 2.48. The lowest BCUT2D eigenvalue weighted by Crippen LogP contribution is -2.38. The number of hydrogen-bond donors (Lipinski definition) is 1. The van der Waals surface area contributed by atoms with Crippen LogP contribution >= 0.6 is 0 Å². The molecular weight excluding hydrogens is 236 g/mol. The summed E-state index contributed by atoms with van der Waals surface area (Å²) in [7, 11) is 0. The van der Waals surface area contributed by atoms with Crippen LogP contribution in [0.5, 0.6) is 0 Å². The minimum atomic E-state index is 0.500. The fourth-order valence-corrected chi connectivity index (χ4v) is 2.66. The van der Waals surface area contributed by atoms with E-state index in [0.29, 0.717) is 11.6 Å². The third-order valence-corrected chi connectivity index (χ3v) is 3.59. The van der Waals surface area contributed by atoms with Gasteiger partial charge in [-0.3, -0.25) is 0 Å². The molecule has 0 saturated carbocycles. The lowest BCUT2D eigenvalue weighted by Gasteiger charge is -2.31. The Morgan fingerprint density at radius 2 is 2.47 bits per heavy atom. The molecule has 1 saturated heterocycles. The van der Waals surface area contributed by atoms with E-state index >= 15 is 0 Å². The number of nitriles is 1. The second-order valence-electron chi connectivity index (χ2n) is 5.17. The summed E-state index contributed by atoms with van der Waals surface area (Å²) in [5.74, 6) is 0.707. The Labute approximate surface area is 115 Å². The van der Waals surface area contributed by atoms with Crippen molar-refractivity contribution in [1.82, 2.24) is 10.3 Å². The zero-order chi connectivity index (χ0) is 13.5. The van der Waals surface area contributed by atoms with Crippen LogP contribution in [0.1, 0.15) is 31.9 Å². The van der Waals surface area contributed by atoms with E-state index in [1.54, 1.807) is 6.20 Å². The molecule has 0 aromatic carbocycles. The molecule has 0 spiro atoms. The topological polar surface area (TPSA) is 52.0 Å². The number of nitrogens with one attached hydrogen (secondary N) is 1. The quantitative estimate of drug-likeness (QED) is 0.879. The Bertz CT molecular complexity index is 432. The van der Waals surface area contributed by atoms with Crippen molar-refractivity contribution in [3.05, 3.63) is 24.0 Å². The second kappa shape index (κ2) is 7.10. The SMILES string of the molecule is CCCN(CC1CCCNC1)c1ccnc(C#N)c1. The lowest BCUT2D eigenvalue weighted by molar-refractivity contribution is 0.376. The van der Waals surface area contributed by atoms with Gasteiger partial charge in [0.05, 0.1) is 0 Å². The van der Waals surface area contributed by atoms with Gasteiger partial charge in [-0.15, -0.1) is 0 Å². The maximum absolute atomic E-state index is 8.95. The standard InChI is InChI=1S/C15H22N4/c1-2-8-19(12-13-4-3-6-17-11-13)15-5-7-18-14(9-15)10-16/h5,7,9,13,17H,2-4,6,8,11-12H2,1H3. The van der Waals surface area contributed by atoms with Gasteiger partial charge in [0.2, 0.25) is 0 Å². The minimum absolute atomic E-state index is 0.500. The van der Waals surface area contributed by atoms with E-state index in [2.05, 4.69) is 28.2 Å². The van der Waals surface area contributed by atoms with Crippen molar-refractivity contribution in [3.8, 4) is 6.07 Å². The summed E-state index contributed by atoms with van der Waals surface area (Å²) >= 11 is 0. The highest BCUT2D eigenvalue weighted by Crippen LogP contribution is 2.19. The van der Waals surface area contributed by atoms with E-state index < -0.39 is 0 Å². The summed E-state index contributed by atoms with van der Waals surface area (Å²) in [6.07, 6.45) is 5.41. The van der Waals surface area contributed by atoms with Crippen LogP contribution in [0, 0.1) is 17.2 Å². The molecule has 1 aromatic heterocycles. The van der Waals surface area contributed by atoms with Gasteiger partial charge in [-0.2, -0.15) is 5.26 Å². The Morgan fingerprint density at radius 1 is 1.58 bits per heavy atom. The first-order chi connectivity index (χ1) is 9.33. The van der Waals surface area contributed by atoms with Gasteiger partial charge in [0.25, 0.3) is 0 Å². The average molecular weight is 258 g/mol. The van der Waals surface area contributed by atoms with Gasteiger partial charge < -0.3 is 10.2 Å². The molecule has 4 heteroatoms. The third-order valence-electron chi connectivity index (χ3n) is 3.59. The molecule has 1 aliphatic rings. The maximum Gasteiger partial charge on any atom is 0.142 e. The summed E-state index contributed by atoms with van der Waals surface area (Å²) in [6, 6.07) is 6.02. The Kier molecular flexibility index (Phi) is 5.17. The molecule has 0 aliphatic carbocycles. The predicted octanol–water partition coefficient (Wildman–Crippen LogP) is 2.17. The summed E-state index contributed by atoms with van der Waals surface area (Å²) in [5, 5.41) is 12.4. The molecule has 0 bridgehead atoms. The van der Waals surface area contributed by atoms with Crippen molar-refractivity contribution >= 4 is 5.69 Å². The van der Waals surface area contributed by atoms with Crippen LogP contribution in [0.2, 0.25) is 0 Å². The van der Waals surface area contributed by atoms with Gasteiger partial charge in [-0.25, -0.2) is 4.98 Å². The molecule has 102 valence electrons. The molecule has 4 nitrogen and oxygen atoms in total. The fraction of sp³-hybridized carbons (Fsp3) is 0.600. The zero-order valence-electron chi connectivity index (χ0n) is 11.6. The van der Waals surface area contributed by atoms with Gasteiger partial charge in [0, 0.05) is 25.0 Å². The van der Waals surface area contributed by atoms with Crippen molar-refractivity contribution in [2.24, 2.45) is 5.92 Å². The van der Waals surface area contributed by atoms with Gasteiger partial charge in [-0.1, -0.05) is 6.92 Å². The summed E-state index contributed by atoms with van der Waals surface area (Å²) < 4.78 is 0. The fourth-order valence-electron chi connectivity index (χ4n) is 2.66. The van der Waals surface area contributed by atoms with Crippen molar-refractivity contribution < 1.29 is 0 Å². The second-order valence-corrected chi connectivity index (χ2v) is 5.17. The van der Waals surface area contributed by atoms with Crippen LogP contribution in [-0.2, 0) is 0 Å². The number of anilines is 1. The molecule has 1 aliphatic heterocycles. The first-order valence-electron chi connectivity index (χ1n) is 7.15. The van der Waals surface area contributed by atoms with E-state index in [0.717, 1.165) is 38.3 Å². The molecule has 1 fully saturated rings. The van der Waals surface area contributed by atoms with Crippen LogP contribution in [0.15, 0.2) is 18.3 Å². The maximum atomic E-state index is 8.95. The Balaban J connectivity index is 2.07. The molecule has 1 unspecified atom stereocenters. The molecule has 0 amide bonds. The first kappa shape index (κ1) is 13.8. The van der Waals surface area contributed by atoms with E-state index in [4.69, 9.17) is 5.26 Å². The summed E-state index contributed by atoms with van der Waals surface area (Å²) in [5.41, 5.74) is 1.62. The van der Waals surface area contributed by atoms with E-state index in [1.807, 2.05) is 12.1 Å². The number of piperidine rings is 1. The summed E-state index contributed by atoms with van der Waals surface area (Å²) in [6.45, 7) is 6.55. The number of aromatic nitrogens is 1. The Morgan fingerprint density at radius 3 is 3.16 bits per heavy atom. The predicted molar refractivity (Wildman–Crippen MR) is 77.0 cm³/mol. The van der Waals surface area contributed by atoms with Crippen LogP contribution < -0.4 is 10.2 Å². The van der Waals surface area contributed by atoms with Crippen LogP contribution in [-0.4, -0.2) is 31.2 Å². The lowest BCUT2D eigenvalue weighted by atomic mass is 9.98. The molecule has 2 heterocycles. The molecule has 1 aromatic rings. The van der Waals surface area contributed by atoms with Gasteiger partial charge >= 0.3 is 0 Å². The molecule has 1 atom stereocenters. The van der Waals surface area contributed by atoms with E-state index in [9.17, 15) is 0 Å². The zero-order valence-corrected chi connectivity index (χ0v) is 11.6. The molecule has 2 rings (SSSR count). The highest BCUT2D eigenvalue weighted by atomic mass is 15.1. The first-order valence-corrected chi connectivity index (χ1v) is 7.15. The number of nitrogens with zero attached hydrogens (tertiary/aromatic N) is 3. The monoisotopic (exact) mass is 258 g/mol. The number of pyridine rings is 1. The largest absolute Gasteiger partial charge is 0.371 e. The third kappa shape index (κ3) is 3.93. The number of hydrogen-bond acceptors (Lipinski definition) is 4. The highest BCUT2D eigenvalue weighted by molar-refractivity contribution is 5.48. The Hall–Kier alpha value is -1.60. The van der Waals surface area contributed by atoms with Crippen LogP contribution in [0.4, 0.5) is 5.69 Å². The van der Waals surface area contributed by atoms with Crippen molar-refractivity contribution in [2.45, 2.75) is 26.2 Å². The molecular formula is C15H22N4. The van der Waals surface area contributed by atoms with E-state index in [1.165, 1.54) is 12.8 Å². The molecule has 19 heavy (non-hydrogen) atoms. The molecule has 1 N–H and O–H groups in total. The van der Waals surface area contributed by atoms with Gasteiger partial charge in [-0.05, 0) is 50.4 Å². The van der Waals surface area contributed by atoms with Crippen LogP contribution in [0.25, 0.3) is 0 Å². The normalized spacial score (nSPS) is 18.8. The molecule has 0 radical (unpaired) electrons. The van der Waals surface area contributed by atoms with Crippen LogP contribution in [0.3, 0.4) is 0 Å². The highest BCUT2D eigenvalue weighted by Gasteiger charge is 2.17. The smallest absolute Gasteiger partial charge is 0.142 e. The van der Waals surface area contributed by atoms with Crippen molar-refractivity contribution in [3.63, 3.8) is 0 Å². The summed E-state index contributed by atoms with van der Waals surface area (Å²) in [4.78, 5) is 6.44. The van der Waals surface area contributed by atoms with Crippen molar-refractivity contribution in [2.75, 3.05) is 31.1 Å². The van der Waals surface area contributed by atoms with E-state index in [-0.39, 0.29) is 0 Å².